The first kappa shape index (κ1) is 16.9. The van der Waals surface area contributed by atoms with Crippen LogP contribution in [0.4, 0.5) is 0 Å². The van der Waals surface area contributed by atoms with E-state index in [0.29, 0.717) is 5.92 Å². The first-order valence-corrected chi connectivity index (χ1v) is 10.6. The molecule has 4 heteroatoms. The van der Waals surface area contributed by atoms with Gasteiger partial charge in [-0.3, -0.25) is 4.90 Å². The van der Waals surface area contributed by atoms with Gasteiger partial charge in [0.2, 0.25) is 0 Å². The summed E-state index contributed by atoms with van der Waals surface area (Å²) in [5, 5.41) is 2.24. The van der Waals surface area contributed by atoms with E-state index in [9.17, 15) is 0 Å². The van der Waals surface area contributed by atoms with Gasteiger partial charge in [-0.05, 0) is 73.8 Å². The predicted molar refractivity (Wildman–Crippen MR) is 112 cm³/mol. The van der Waals surface area contributed by atoms with Gasteiger partial charge in [0.15, 0.2) is 0 Å². The van der Waals surface area contributed by atoms with Crippen molar-refractivity contribution in [3.63, 3.8) is 0 Å². The monoisotopic (exact) mass is 428 g/mol. The maximum absolute atomic E-state index is 6.05. The number of hydrogen-bond acceptors (Lipinski definition) is 1. The maximum Gasteiger partial charge on any atom is 0.0486 e. The third-order valence-corrected chi connectivity index (χ3v) is 6.81. The van der Waals surface area contributed by atoms with Crippen LogP contribution in [0.2, 0.25) is 5.02 Å². The minimum atomic E-state index is 0.708. The summed E-state index contributed by atoms with van der Waals surface area (Å²) in [6.45, 7) is 4.62. The highest BCUT2D eigenvalue weighted by Gasteiger charge is 2.32. The van der Waals surface area contributed by atoms with Crippen LogP contribution in [0.1, 0.15) is 35.6 Å². The number of nitrogens with zero attached hydrogens (tertiary/aromatic N) is 2. The van der Waals surface area contributed by atoms with Crippen LogP contribution < -0.4 is 0 Å². The summed E-state index contributed by atoms with van der Waals surface area (Å²) in [5.41, 5.74) is 5.91. The molecule has 0 aliphatic carbocycles. The largest absolute Gasteiger partial charge is 0.344 e. The average molecular weight is 430 g/mol. The lowest BCUT2D eigenvalue weighted by atomic mass is 9.94. The van der Waals surface area contributed by atoms with Crippen molar-refractivity contribution in [3.8, 4) is 0 Å². The lowest BCUT2D eigenvalue weighted by Gasteiger charge is -2.27. The summed E-state index contributed by atoms with van der Waals surface area (Å²) < 4.78 is 3.79. The van der Waals surface area contributed by atoms with Crippen LogP contribution >= 0.6 is 27.5 Å². The van der Waals surface area contributed by atoms with Crippen molar-refractivity contribution in [2.75, 3.05) is 13.1 Å². The Labute approximate surface area is 167 Å². The Bertz CT molecular complexity index is 952. The number of piperidine rings is 1. The van der Waals surface area contributed by atoms with Crippen LogP contribution in [0, 0.1) is 0 Å². The number of rotatable bonds is 3. The Morgan fingerprint density at radius 1 is 1.04 bits per heavy atom. The van der Waals surface area contributed by atoms with E-state index in [2.05, 4.69) is 55.7 Å². The van der Waals surface area contributed by atoms with Crippen LogP contribution in [-0.2, 0) is 19.5 Å². The molecular formula is C22H22BrClN2. The van der Waals surface area contributed by atoms with Crippen LogP contribution in [0.25, 0.3) is 10.9 Å². The fourth-order valence-electron chi connectivity index (χ4n) is 4.77. The van der Waals surface area contributed by atoms with Gasteiger partial charge in [-0.25, -0.2) is 0 Å². The second-order valence-corrected chi connectivity index (χ2v) is 8.96. The van der Waals surface area contributed by atoms with Crippen molar-refractivity contribution in [2.45, 2.75) is 38.3 Å². The van der Waals surface area contributed by atoms with Crippen molar-refractivity contribution in [2.24, 2.45) is 0 Å². The molecule has 0 radical (unpaired) electrons. The smallest absolute Gasteiger partial charge is 0.0486 e. The minimum Gasteiger partial charge on any atom is -0.344 e. The first-order chi connectivity index (χ1) is 12.7. The predicted octanol–water partition coefficient (Wildman–Crippen LogP) is 5.99. The van der Waals surface area contributed by atoms with Crippen LogP contribution in [0.3, 0.4) is 0 Å². The molecule has 0 amide bonds. The zero-order valence-corrected chi connectivity index (χ0v) is 17.1. The molecule has 0 spiro atoms. The van der Waals surface area contributed by atoms with Gasteiger partial charge in [-0.1, -0.05) is 39.7 Å². The van der Waals surface area contributed by atoms with Crippen LogP contribution in [-0.4, -0.2) is 22.6 Å². The van der Waals surface area contributed by atoms with E-state index in [1.54, 1.807) is 11.3 Å². The molecule has 0 saturated carbocycles. The summed E-state index contributed by atoms with van der Waals surface area (Å²) in [6.07, 6.45) is 3.64. The van der Waals surface area contributed by atoms with E-state index < -0.39 is 0 Å². The van der Waals surface area contributed by atoms with Crippen molar-refractivity contribution < 1.29 is 0 Å². The Morgan fingerprint density at radius 3 is 2.58 bits per heavy atom. The number of benzene rings is 2. The number of aryl methyl sites for hydroxylation is 2. The van der Waals surface area contributed by atoms with Crippen molar-refractivity contribution in [3.05, 3.63) is 68.8 Å². The van der Waals surface area contributed by atoms with E-state index in [4.69, 9.17) is 11.6 Å². The van der Waals surface area contributed by atoms with E-state index in [0.717, 1.165) is 24.5 Å². The van der Waals surface area contributed by atoms with Gasteiger partial charge < -0.3 is 4.57 Å². The molecule has 1 saturated heterocycles. The molecule has 0 unspecified atom stereocenters. The SMILES string of the molecule is Clc1ccc(CCn2c3c(c4cc(Br)ccc42)CN2CCC3CC2)cc1. The van der Waals surface area contributed by atoms with E-state index in [1.165, 1.54) is 46.9 Å². The fourth-order valence-corrected chi connectivity index (χ4v) is 5.26. The Hall–Kier alpha value is -1.29. The van der Waals surface area contributed by atoms with Gasteiger partial charge in [0.25, 0.3) is 0 Å². The Kier molecular flexibility index (Phi) is 4.35. The van der Waals surface area contributed by atoms with Gasteiger partial charge in [-0.15, -0.1) is 0 Å². The highest BCUT2D eigenvalue weighted by atomic mass is 79.9. The Morgan fingerprint density at radius 2 is 1.81 bits per heavy atom. The summed E-state index contributed by atoms with van der Waals surface area (Å²) in [6, 6.07) is 15.1. The molecule has 4 heterocycles. The molecule has 6 rings (SSSR count). The molecule has 3 aliphatic heterocycles. The molecule has 134 valence electrons. The molecule has 26 heavy (non-hydrogen) atoms. The second kappa shape index (κ2) is 6.70. The molecule has 0 N–H and O–H groups in total. The summed E-state index contributed by atoms with van der Waals surface area (Å²) >= 11 is 9.73. The van der Waals surface area contributed by atoms with Gasteiger partial charge in [0.1, 0.15) is 0 Å². The second-order valence-electron chi connectivity index (χ2n) is 7.60. The number of aromatic nitrogens is 1. The molecule has 3 aliphatic rings. The van der Waals surface area contributed by atoms with Crippen molar-refractivity contribution in [1.82, 2.24) is 9.47 Å². The molecular weight excluding hydrogens is 408 g/mol. The van der Waals surface area contributed by atoms with Gasteiger partial charge in [0, 0.05) is 45.1 Å². The Balaban J connectivity index is 1.59. The van der Waals surface area contributed by atoms with Gasteiger partial charge in [-0.2, -0.15) is 0 Å². The summed E-state index contributed by atoms with van der Waals surface area (Å²) in [7, 11) is 0. The maximum atomic E-state index is 6.05. The average Bonchev–Trinajstić information content (AvgIpc) is 2.78. The van der Waals surface area contributed by atoms with E-state index in [-0.39, 0.29) is 0 Å². The van der Waals surface area contributed by atoms with Crippen molar-refractivity contribution >= 4 is 38.4 Å². The van der Waals surface area contributed by atoms with Crippen LogP contribution in [0.5, 0.6) is 0 Å². The molecule has 3 aromatic rings. The van der Waals surface area contributed by atoms with Gasteiger partial charge in [0.05, 0.1) is 0 Å². The number of halogens is 2. The zero-order chi connectivity index (χ0) is 17.7. The molecule has 1 aromatic heterocycles. The molecule has 2 bridgehead atoms. The third-order valence-electron chi connectivity index (χ3n) is 6.07. The van der Waals surface area contributed by atoms with E-state index in [1.807, 2.05) is 12.1 Å². The van der Waals surface area contributed by atoms with Gasteiger partial charge >= 0.3 is 0 Å². The number of hydrogen-bond donors (Lipinski definition) is 0. The molecule has 2 nitrogen and oxygen atoms in total. The third kappa shape index (κ3) is 2.90. The first-order valence-electron chi connectivity index (χ1n) is 9.46. The minimum absolute atomic E-state index is 0.708. The topological polar surface area (TPSA) is 8.17 Å². The summed E-state index contributed by atoms with van der Waals surface area (Å²) in [4.78, 5) is 2.63. The highest BCUT2D eigenvalue weighted by molar-refractivity contribution is 9.10. The lowest BCUT2D eigenvalue weighted by Crippen LogP contribution is -2.29. The normalized spacial score (nSPS) is 21.8. The number of fused-ring (bicyclic) bond motifs is 3. The van der Waals surface area contributed by atoms with E-state index >= 15 is 0 Å². The molecule has 0 atom stereocenters. The fraction of sp³-hybridized carbons (Fsp3) is 0.364. The summed E-state index contributed by atoms with van der Waals surface area (Å²) in [5.74, 6) is 0.708. The van der Waals surface area contributed by atoms with Crippen LogP contribution in [0.15, 0.2) is 46.9 Å². The van der Waals surface area contributed by atoms with Crippen molar-refractivity contribution in [1.29, 1.82) is 0 Å². The zero-order valence-electron chi connectivity index (χ0n) is 14.7. The lowest BCUT2D eigenvalue weighted by molar-refractivity contribution is 0.219. The standard InChI is InChI=1S/C22H22BrClN2/c23-17-3-6-21-19(13-17)20-14-25-10-8-16(9-11-25)22(20)26(21)12-7-15-1-4-18(24)5-2-15/h1-6,13,16H,7-12,14H2. The molecule has 2 aromatic carbocycles. The molecule has 1 fully saturated rings. The highest BCUT2D eigenvalue weighted by Crippen LogP contribution is 2.41. The quantitative estimate of drug-likeness (QED) is 0.496.